The van der Waals surface area contributed by atoms with Crippen molar-refractivity contribution in [1.29, 1.82) is 0 Å². The number of rotatable bonds is 10. The van der Waals surface area contributed by atoms with E-state index >= 15 is 0 Å². The Morgan fingerprint density at radius 2 is 1.86 bits per heavy atom. The second kappa shape index (κ2) is 10.7. The molecule has 0 saturated heterocycles. The van der Waals surface area contributed by atoms with Gasteiger partial charge >= 0.3 is 0 Å². The molecule has 158 valence electrons. The average Bonchev–Trinajstić information content (AvgIpc) is 2.71. The lowest BCUT2D eigenvalue weighted by molar-refractivity contribution is -0.123. The van der Waals surface area contributed by atoms with E-state index in [-0.39, 0.29) is 23.5 Å². The van der Waals surface area contributed by atoms with E-state index < -0.39 is 10.0 Å². The van der Waals surface area contributed by atoms with Crippen LogP contribution in [0.3, 0.4) is 0 Å². The molecule has 0 aliphatic carbocycles. The van der Waals surface area contributed by atoms with Crippen molar-refractivity contribution in [2.45, 2.75) is 43.0 Å². The lowest BCUT2D eigenvalue weighted by atomic mass is 10.1. The van der Waals surface area contributed by atoms with E-state index in [1.807, 2.05) is 44.4 Å². The predicted octanol–water partition coefficient (Wildman–Crippen LogP) is 3.66. The first-order chi connectivity index (χ1) is 13.8. The molecule has 0 spiro atoms. The van der Waals surface area contributed by atoms with Gasteiger partial charge < -0.3 is 10.1 Å². The van der Waals surface area contributed by atoms with Gasteiger partial charge in [0.25, 0.3) is 5.91 Å². The molecule has 0 aliphatic rings. The van der Waals surface area contributed by atoms with Gasteiger partial charge in [0.05, 0.1) is 10.9 Å². The number of sulfonamides is 1. The summed E-state index contributed by atoms with van der Waals surface area (Å²) in [6.45, 7) is 5.81. The van der Waals surface area contributed by atoms with Crippen LogP contribution in [0.5, 0.6) is 5.75 Å². The first-order valence-electron chi connectivity index (χ1n) is 9.43. The molecule has 2 aromatic rings. The van der Waals surface area contributed by atoms with Crippen LogP contribution in [0.25, 0.3) is 0 Å². The minimum Gasteiger partial charge on any atom is -0.484 e. The molecule has 0 radical (unpaired) electrons. The van der Waals surface area contributed by atoms with Crippen molar-refractivity contribution in [2.75, 3.05) is 19.4 Å². The van der Waals surface area contributed by atoms with Crippen molar-refractivity contribution in [3.8, 4) is 5.75 Å². The number of ether oxygens (including phenoxy) is 1. The van der Waals surface area contributed by atoms with Gasteiger partial charge in [-0.25, -0.2) is 13.1 Å². The molecule has 0 heterocycles. The van der Waals surface area contributed by atoms with Crippen molar-refractivity contribution in [2.24, 2.45) is 0 Å². The van der Waals surface area contributed by atoms with Crippen LogP contribution in [-0.4, -0.2) is 33.7 Å². The van der Waals surface area contributed by atoms with E-state index in [2.05, 4.69) is 10.0 Å². The summed E-state index contributed by atoms with van der Waals surface area (Å²) in [6.07, 6.45) is 2.73. The van der Waals surface area contributed by atoms with Gasteiger partial charge in [0, 0.05) is 11.4 Å². The third kappa shape index (κ3) is 6.76. The Balaban J connectivity index is 1.94. The Kier molecular flexibility index (Phi) is 8.55. The molecule has 6 nitrogen and oxygen atoms in total. The SMILES string of the molecule is CCCNS(=O)(=O)c1ccc(OCC(=O)N[C@@H](C)c2ccc(SC)cc2)c(C)c1. The molecule has 0 bridgehead atoms. The minimum absolute atomic E-state index is 0.139. The number of aryl methyl sites for hydroxylation is 1. The summed E-state index contributed by atoms with van der Waals surface area (Å²) in [6, 6.07) is 12.5. The number of thioether (sulfide) groups is 1. The third-order valence-electron chi connectivity index (χ3n) is 4.35. The lowest BCUT2D eigenvalue weighted by Gasteiger charge is -2.16. The van der Waals surface area contributed by atoms with E-state index in [9.17, 15) is 13.2 Å². The quantitative estimate of drug-likeness (QED) is 0.555. The Bertz CT molecular complexity index is 928. The summed E-state index contributed by atoms with van der Waals surface area (Å²) < 4.78 is 32.5. The van der Waals surface area contributed by atoms with Crippen LogP contribution in [0, 0.1) is 6.92 Å². The van der Waals surface area contributed by atoms with Crippen molar-refractivity contribution in [1.82, 2.24) is 10.0 Å². The van der Waals surface area contributed by atoms with Crippen LogP contribution in [-0.2, 0) is 14.8 Å². The van der Waals surface area contributed by atoms with Crippen LogP contribution in [0.4, 0.5) is 0 Å². The smallest absolute Gasteiger partial charge is 0.258 e. The molecule has 0 aliphatic heterocycles. The molecule has 8 heteroatoms. The maximum Gasteiger partial charge on any atom is 0.258 e. The zero-order chi connectivity index (χ0) is 21.4. The van der Waals surface area contributed by atoms with Crippen LogP contribution in [0.15, 0.2) is 52.3 Å². The topological polar surface area (TPSA) is 84.5 Å². The highest BCUT2D eigenvalue weighted by Crippen LogP contribution is 2.22. The zero-order valence-corrected chi connectivity index (χ0v) is 18.8. The van der Waals surface area contributed by atoms with Gasteiger partial charge in [-0.3, -0.25) is 4.79 Å². The summed E-state index contributed by atoms with van der Waals surface area (Å²) in [5, 5.41) is 2.91. The first kappa shape index (κ1) is 23.3. The van der Waals surface area contributed by atoms with Gasteiger partial charge in [-0.2, -0.15) is 0 Å². The Labute approximate surface area is 177 Å². The van der Waals surface area contributed by atoms with Crippen molar-refractivity contribution in [3.63, 3.8) is 0 Å². The molecule has 29 heavy (non-hydrogen) atoms. The molecule has 0 saturated carbocycles. The second-order valence-corrected chi connectivity index (χ2v) is 9.32. The highest BCUT2D eigenvalue weighted by atomic mass is 32.2. The predicted molar refractivity (Wildman–Crippen MR) is 117 cm³/mol. The maximum atomic E-state index is 12.2. The van der Waals surface area contributed by atoms with E-state index in [1.165, 1.54) is 11.0 Å². The summed E-state index contributed by atoms with van der Waals surface area (Å²) in [5.74, 6) is 0.235. The Morgan fingerprint density at radius 3 is 2.45 bits per heavy atom. The van der Waals surface area contributed by atoms with Gasteiger partial charge in [0.1, 0.15) is 5.75 Å². The molecule has 2 aromatic carbocycles. The van der Waals surface area contributed by atoms with E-state index in [0.717, 1.165) is 5.56 Å². The van der Waals surface area contributed by atoms with E-state index in [1.54, 1.807) is 30.8 Å². The van der Waals surface area contributed by atoms with Crippen molar-refractivity contribution >= 4 is 27.7 Å². The van der Waals surface area contributed by atoms with E-state index in [4.69, 9.17) is 4.74 Å². The van der Waals surface area contributed by atoms with Crippen LogP contribution >= 0.6 is 11.8 Å². The fourth-order valence-electron chi connectivity index (χ4n) is 2.67. The summed E-state index contributed by atoms with van der Waals surface area (Å²) >= 11 is 1.67. The molecular weight excluding hydrogens is 408 g/mol. The van der Waals surface area contributed by atoms with Crippen molar-refractivity contribution in [3.05, 3.63) is 53.6 Å². The Hall–Kier alpha value is -2.03. The largest absolute Gasteiger partial charge is 0.484 e. The van der Waals surface area contributed by atoms with Crippen molar-refractivity contribution < 1.29 is 17.9 Å². The Morgan fingerprint density at radius 1 is 1.17 bits per heavy atom. The molecule has 0 fully saturated rings. The molecule has 1 amide bonds. The standard InChI is InChI=1S/C21H28N2O4S2/c1-5-12-22-29(25,26)19-10-11-20(15(2)13-19)27-14-21(24)23-16(3)17-6-8-18(28-4)9-7-17/h6-11,13,16,22H,5,12,14H2,1-4H3,(H,23,24)/t16-/m0/s1. The number of hydrogen-bond acceptors (Lipinski definition) is 5. The van der Waals surface area contributed by atoms with Crippen LogP contribution in [0.1, 0.15) is 37.4 Å². The molecule has 0 unspecified atom stereocenters. The summed E-state index contributed by atoms with van der Waals surface area (Å²) in [7, 11) is -3.53. The number of nitrogens with one attached hydrogen (secondary N) is 2. The average molecular weight is 437 g/mol. The zero-order valence-electron chi connectivity index (χ0n) is 17.2. The van der Waals surface area contributed by atoms with Crippen LogP contribution < -0.4 is 14.8 Å². The minimum atomic E-state index is -3.53. The number of carbonyl (C=O) groups excluding carboxylic acids is 1. The number of benzene rings is 2. The summed E-state index contributed by atoms with van der Waals surface area (Å²) in [5.41, 5.74) is 1.67. The molecule has 0 aromatic heterocycles. The molecule has 2 N–H and O–H groups in total. The molecule has 1 atom stereocenters. The highest BCUT2D eigenvalue weighted by Gasteiger charge is 2.15. The lowest BCUT2D eigenvalue weighted by Crippen LogP contribution is -2.31. The second-order valence-electron chi connectivity index (χ2n) is 6.68. The van der Waals surface area contributed by atoms with Gasteiger partial charge in [0.15, 0.2) is 6.61 Å². The number of hydrogen-bond donors (Lipinski definition) is 2. The first-order valence-corrected chi connectivity index (χ1v) is 12.1. The third-order valence-corrected chi connectivity index (χ3v) is 6.55. The van der Waals surface area contributed by atoms with Gasteiger partial charge in [0.2, 0.25) is 10.0 Å². The van der Waals surface area contributed by atoms with Gasteiger partial charge in [-0.1, -0.05) is 19.1 Å². The fraction of sp³-hybridized carbons (Fsp3) is 0.381. The van der Waals surface area contributed by atoms with Gasteiger partial charge in [-0.15, -0.1) is 11.8 Å². The maximum absolute atomic E-state index is 12.2. The van der Waals surface area contributed by atoms with E-state index in [0.29, 0.717) is 24.3 Å². The normalized spacial score (nSPS) is 12.4. The van der Waals surface area contributed by atoms with Crippen LogP contribution in [0.2, 0.25) is 0 Å². The number of carbonyl (C=O) groups is 1. The highest BCUT2D eigenvalue weighted by molar-refractivity contribution is 7.98. The van der Waals surface area contributed by atoms with Gasteiger partial charge in [-0.05, 0) is 68.0 Å². The molecule has 2 rings (SSSR count). The number of amides is 1. The monoisotopic (exact) mass is 436 g/mol. The summed E-state index contributed by atoms with van der Waals surface area (Å²) in [4.78, 5) is 13.6. The fourth-order valence-corrected chi connectivity index (χ4v) is 4.30. The molecular formula is C21H28N2O4S2.